The van der Waals surface area contributed by atoms with E-state index in [-0.39, 0.29) is 23.5 Å². The van der Waals surface area contributed by atoms with Gasteiger partial charge in [-0.2, -0.15) is 4.31 Å². The zero-order valence-corrected chi connectivity index (χ0v) is 20.8. The second-order valence-electron chi connectivity index (χ2n) is 8.95. The summed E-state index contributed by atoms with van der Waals surface area (Å²) < 4.78 is 34.9. The number of nitrogens with zero attached hydrogens (tertiary/aromatic N) is 2. The molecule has 0 aliphatic carbocycles. The van der Waals surface area contributed by atoms with E-state index in [0.29, 0.717) is 18.8 Å². The molecule has 1 aliphatic heterocycles. The first-order valence-corrected chi connectivity index (χ1v) is 13.0. The number of aliphatic hydroxyl groups excluding tert-OH is 1. The minimum atomic E-state index is -3.82. The molecule has 3 atom stereocenters. The molecule has 7 heteroatoms. The lowest BCUT2D eigenvalue weighted by Crippen LogP contribution is -2.49. The lowest BCUT2D eigenvalue weighted by molar-refractivity contribution is 0.0752. The second-order valence-corrected chi connectivity index (χ2v) is 10.8. The first-order chi connectivity index (χ1) is 15.8. The highest BCUT2D eigenvalue weighted by Crippen LogP contribution is 2.34. The van der Waals surface area contributed by atoms with E-state index in [4.69, 9.17) is 4.74 Å². The highest BCUT2D eigenvalue weighted by atomic mass is 32.2. The molecule has 0 saturated heterocycles. The molecule has 1 heterocycles. The Bertz CT molecular complexity index is 1040. The summed E-state index contributed by atoms with van der Waals surface area (Å²) >= 11 is 0. The predicted octanol–water partition coefficient (Wildman–Crippen LogP) is 3.97. The number of hydrogen-bond acceptors (Lipinski definition) is 5. The van der Waals surface area contributed by atoms with Crippen molar-refractivity contribution in [1.29, 1.82) is 0 Å². The Balaban J connectivity index is 2.03. The molecule has 0 aromatic heterocycles. The molecule has 33 heavy (non-hydrogen) atoms. The number of benzene rings is 2. The molecule has 0 bridgehead atoms. The van der Waals surface area contributed by atoms with Crippen molar-refractivity contribution in [3.63, 3.8) is 0 Å². The van der Waals surface area contributed by atoms with Crippen molar-refractivity contribution >= 4 is 22.2 Å². The summed E-state index contributed by atoms with van der Waals surface area (Å²) in [5, 5.41) is 9.76. The van der Waals surface area contributed by atoms with Crippen LogP contribution in [0.5, 0.6) is 5.75 Å². The van der Waals surface area contributed by atoms with Crippen molar-refractivity contribution < 1.29 is 18.3 Å². The standard InChI is InChI=1S/C26H36N2O4S/c1-5-15-27(4)18-25-20(2)17-28(21(3)19-29)33(30,31)26-14-13-23(16-24(26)32-25)12-11-22-9-7-6-8-10-22/h6-14,16,20-21,25,29H,5,15,17-19H2,1-4H3/b12-11+/t20-,21+,25-/m1/s1. The van der Waals surface area contributed by atoms with Gasteiger partial charge < -0.3 is 14.7 Å². The number of hydrogen-bond donors (Lipinski definition) is 1. The van der Waals surface area contributed by atoms with Crippen molar-refractivity contribution in [3.8, 4) is 5.75 Å². The summed E-state index contributed by atoms with van der Waals surface area (Å²) in [6.45, 7) is 7.58. The molecule has 1 N–H and O–H groups in total. The fourth-order valence-electron chi connectivity index (χ4n) is 4.10. The smallest absolute Gasteiger partial charge is 0.247 e. The average Bonchev–Trinajstić information content (AvgIpc) is 2.80. The van der Waals surface area contributed by atoms with E-state index in [2.05, 4.69) is 18.9 Å². The van der Waals surface area contributed by atoms with Crippen molar-refractivity contribution in [3.05, 3.63) is 59.7 Å². The number of sulfonamides is 1. The van der Waals surface area contributed by atoms with Gasteiger partial charge in [-0.15, -0.1) is 0 Å². The number of fused-ring (bicyclic) bond motifs is 1. The zero-order chi connectivity index (χ0) is 24.0. The van der Waals surface area contributed by atoms with Crippen molar-refractivity contribution in [2.24, 2.45) is 5.92 Å². The zero-order valence-electron chi connectivity index (χ0n) is 20.0. The van der Waals surface area contributed by atoms with Crippen molar-refractivity contribution in [2.75, 3.05) is 33.3 Å². The highest BCUT2D eigenvalue weighted by Gasteiger charge is 2.37. The Hall–Kier alpha value is -2.19. The first-order valence-electron chi connectivity index (χ1n) is 11.6. The van der Waals surface area contributed by atoms with Crippen LogP contribution in [0.25, 0.3) is 12.2 Å². The fraction of sp³-hybridized carbons (Fsp3) is 0.462. The van der Waals surface area contributed by atoms with E-state index in [1.165, 1.54) is 4.31 Å². The molecule has 2 aromatic rings. The Labute approximate surface area is 198 Å². The molecule has 1 aliphatic rings. The van der Waals surface area contributed by atoms with E-state index in [1.807, 2.05) is 49.4 Å². The van der Waals surface area contributed by atoms with Crippen LogP contribution in [0.4, 0.5) is 0 Å². The summed E-state index contributed by atoms with van der Waals surface area (Å²) in [6, 6.07) is 14.7. The van der Waals surface area contributed by atoms with Gasteiger partial charge in [0.2, 0.25) is 10.0 Å². The van der Waals surface area contributed by atoms with E-state index in [0.717, 1.165) is 24.1 Å². The van der Waals surface area contributed by atoms with Gasteiger partial charge in [0.1, 0.15) is 16.7 Å². The maximum Gasteiger partial charge on any atom is 0.247 e. The largest absolute Gasteiger partial charge is 0.487 e. The molecule has 0 amide bonds. The van der Waals surface area contributed by atoms with Gasteiger partial charge in [-0.05, 0) is 50.2 Å². The number of likely N-dealkylation sites (N-methyl/N-ethyl adjacent to an activating group) is 1. The third kappa shape index (κ3) is 6.23. The van der Waals surface area contributed by atoms with Gasteiger partial charge in [0.05, 0.1) is 6.61 Å². The molecule has 0 saturated carbocycles. The molecular weight excluding hydrogens is 436 g/mol. The van der Waals surface area contributed by atoms with Crippen molar-refractivity contribution in [2.45, 2.75) is 44.2 Å². The highest BCUT2D eigenvalue weighted by molar-refractivity contribution is 7.89. The molecule has 3 rings (SSSR count). The van der Waals surface area contributed by atoms with Crippen LogP contribution < -0.4 is 4.74 Å². The van der Waals surface area contributed by atoms with Crippen LogP contribution in [-0.4, -0.2) is 68.2 Å². The van der Waals surface area contributed by atoms with Crippen LogP contribution in [0.15, 0.2) is 53.4 Å². The Morgan fingerprint density at radius 3 is 2.55 bits per heavy atom. The summed E-state index contributed by atoms with van der Waals surface area (Å²) in [5.74, 6) is 0.312. The van der Waals surface area contributed by atoms with E-state index in [9.17, 15) is 13.5 Å². The lowest BCUT2D eigenvalue weighted by atomic mass is 10.0. The molecule has 0 spiro atoms. The quantitative estimate of drug-likeness (QED) is 0.589. The topological polar surface area (TPSA) is 70.1 Å². The molecule has 0 unspecified atom stereocenters. The fourth-order valence-corrected chi connectivity index (χ4v) is 5.93. The summed E-state index contributed by atoms with van der Waals surface area (Å²) in [4.78, 5) is 2.37. The molecule has 6 nitrogen and oxygen atoms in total. The number of rotatable bonds is 8. The van der Waals surface area contributed by atoms with Gasteiger partial charge in [0.25, 0.3) is 0 Å². The second kappa shape index (κ2) is 11.3. The van der Waals surface area contributed by atoms with E-state index >= 15 is 0 Å². The van der Waals surface area contributed by atoms with Crippen LogP contribution in [0.1, 0.15) is 38.3 Å². The maximum absolute atomic E-state index is 13.6. The van der Waals surface area contributed by atoms with Gasteiger partial charge in [0, 0.05) is 25.0 Å². The van der Waals surface area contributed by atoms with Crippen LogP contribution in [-0.2, 0) is 10.0 Å². The summed E-state index contributed by atoms with van der Waals surface area (Å²) in [6.07, 6.45) is 4.80. The van der Waals surface area contributed by atoms with E-state index < -0.39 is 16.1 Å². The van der Waals surface area contributed by atoms with Crippen LogP contribution >= 0.6 is 0 Å². The van der Waals surface area contributed by atoms with Crippen LogP contribution in [0, 0.1) is 5.92 Å². The summed E-state index contributed by atoms with van der Waals surface area (Å²) in [5.41, 5.74) is 1.93. The van der Waals surface area contributed by atoms with Crippen LogP contribution in [0.3, 0.4) is 0 Å². The minimum absolute atomic E-state index is 0.0512. The summed E-state index contributed by atoms with van der Waals surface area (Å²) in [7, 11) is -1.76. The predicted molar refractivity (Wildman–Crippen MR) is 134 cm³/mol. The Morgan fingerprint density at radius 2 is 1.88 bits per heavy atom. The number of aliphatic hydroxyl groups is 1. The van der Waals surface area contributed by atoms with Gasteiger partial charge >= 0.3 is 0 Å². The Morgan fingerprint density at radius 1 is 1.18 bits per heavy atom. The SMILES string of the molecule is CCCN(C)C[C@H]1Oc2cc(/C=C/c3ccccc3)ccc2S(=O)(=O)N([C@@H](C)CO)C[C@H]1C. The normalized spacial score (nSPS) is 21.9. The molecular formula is C26H36N2O4S. The molecule has 180 valence electrons. The van der Waals surface area contributed by atoms with Gasteiger partial charge in [-0.1, -0.05) is 62.4 Å². The lowest BCUT2D eigenvalue weighted by Gasteiger charge is -2.37. The van der Waals surface area contributed by atoms with Gasteiger partial charge in [0.15, 0.2) is 0 Å². The average molecular weight is 473 g/mol. The monoisotopic (exact) mass is 472 g/mol. The minimum Gasteiger partial charge on any atom is -0.487 e. The number of ether oxygens (including phenoxy) is 1. The Kier molecular flexibility index (Phi) is 8.70. The third-order valence-electron chi connectivity index (χ3n) is 6.06. The van der Waals surface area contributed by atoms with Gasteiger partial charge in [-0.25, -0.2) is 8.42 Å². The van der Waals surface area contributed by atoms with Crippen molar-refractivity contribution in [1.82, 2.24) is 9.21 Å². The maximum atomic E-state index is 13.6. The molecule has 0 fully saturated rings. The van der Waals surface area contributed by atoms with Gasteiger partial charge in [-0.3, -0.25) is 0 Å². The third-order valence-corrected chi connectivity index (χ3v) is 8.08. The first kappa shape index (κ1) is 25.4. The van der Waals surface area contributed by atoms with E-state index in [1.54, 1.807) is 25.1 Å². The molecule has 0 radical (unpaired) electrons. The van der Waals surface area contributed by atoms with Crippen LogP contribution in [0.2, 0.25) is 0 Å². The molecule has 2 aromatic carbocycles.